The van der Waals surface area contributed by atoms with Gasteiger partial charge in [0.1, 0.15) is 12.4 Å². The fourth-order valence-electron chi connectivity index (χ4n) is 2.99. The highest BCUT2D eigenvalue weighted by molar-refractivity contribution is 9.10. The fourth-order valence-corrected chi connectivity index (χ4v) is 3.68. The molecule has 0 bridgehead atoms. The molecule has 1 aromatic heterocycles. The monoisotopic (exact) mass is 456 g/mol. The second kappa shape index (κ2) is 7.86. The Morgan fingerprint density at radius 3 is 2.61 bits per heavy atom. The maximum Gasteiger partial charge on any atom is 0.175 e. The largest absolute Gasteiger partial charge is 0.493 e. The number of fused-ring (bicyclic) bond motifs is 1. The summed E-state index contributed by atoms with van der Waals surface area (Å²) in [6.45, 7) is 2.47. The van der Waals surface area contributed by atoms with Crippen molar-refractivity contribution in [2.24, 2.45) is 0 Å². The molecule has 1 N–H and O–H groups in total. The van der Waals surface area contributed by atoms with E-state index in [4.69, 9.17) is 21.1 Å². The summed E-state index contributed by atoms with van der Waals surface area (Å²) in [5.74, 6) is 2.06. The number of aryl methyl sites for hydroxylation is 1. The normalized spacial score (nSPS) is 11.0. The van der Waals surface area contributed by atoms with Crippen LogP contribution in [0.25, 0.3) is 22.4 Å². The van der Waals surface area contributed by atoms with Crippen LogP contribution in [0.2, 0.25) is 5.02 Å². The van der Waals surface area contributed by atoms with Crippen molar-refractivity contribution in [1.29, 1.82) is 0 Å². The standard InChI is InChI=1S/C22H18BrClN2O2/c1-13-3-8-18-19(9-13)26-22(25-18)15-10-17(23)21(20(11-15)27-2)28-12-14-4-6-16(24)7-5-14/h3-11H,12H2,1-2H3,(H,25,26). The molecule has 4 nitrogen and oxygen atoms in total. The molecule has 4 rings (SSSR count). The molecule has 142 valence electrons. The van der Waals surface area contributed by atoms with Crippen molar-refractivity contribution in [1.82, 2.24) is 9.97 Å². The quantitative estimate of drug-likeness (QED) is 0.370. The van der Waals surface area contributed by atoms with Gasteiger partial charge >= 0.3 is 0 Å². The Labute approximate surface area is 176 Å². The molecule has 28 heavy (non-hydrogen) atoms. The topological polar surface area (TPSA) is 47.1 Å². The van der Waals surface area contributed by atoms with E-state index < -0.39 is 0 Å². The molecule has 6 heteroatoms. The number of methoxy groups -OCH3 is 1. The maximum absolute atomic E-state index is 6.00. The molecular weight excluding hydrogens is 440 g/mol. The summed E-state index contributed by atoms with van der Waals surface area (Å²) in [7, 11) is 1.63. The van der Waals surface area contributed by atoms with Crippen LogP contribution in [0, 0.1) is 6.92 Å². The first kappa shape index (κ1) is 18.8. The Morgan fingerprint density at radius 1 is 1.07 bits per heavy atom. The van der Waals surface area contributed by atoms with Gasteiger partial charge in [-0.25, -0.2) is 4.98 Å². The van der Waals surface area contributed by atoms with Crippen LogP contribution in [0.1, 0.15) is 11.1 Å². The first-order chi connectivity index (χ1) is 13.5. The Balaban J connectivity index is 1.65. The average Bonchev–Trinajstić information content (AvgIpc) is 3.11. The highest BCUT2D eigenvalue weighted by atomic mass is 79.9. The zero-order valence-corrected chi connectivity index (χ0v) is 17.8. The molecule has 3 aromatic carbocycles. The highest BCUT2D eigenvalue weighted by Gasteiger charge is 2.15. The first-order valence-corrected chi connectivity index (χ1v) is 9.92. The molecule has 0 aliphatic carbocycles. The number of aromatic nitrogens is 2. The Hall–Kier alpha value is -2.50. The van der Waals surface area contributed by atoms with Gasteiger partial charge in [-0.15, -0.1) is 0 Å². The van der Waals surface area contributed by atoms with E-state index >= 15 is 0 Å². The summed E-state index contributed by atoms with van der Waals surface area (Å²) in [4.78, 5) is 8.06. The lowest BCUT2D eigenvalue weighted by Crippen LogP contribution is -1.99. The van der Waals surface area contributed by atoms with Crippen LogP contribution in [0.15, 0.2) is 59.1 Å². The van der Waals surface area contributed by atoms with E-state index in [1.54, 1.807) is 7.11 Å². The smallest absolute Gasteiger partial charge is 0.175 e. The second-order valence-electron chi connectivity index (χ2n) is 6.51. The molecule has 4 aromatic rings. The van der Waals surface area contributed by atoms with Crippen molar-refractivity contribution in [3.8, 4) is 22.9 Å². The number of rotatable bonds is 5. The van der Waals surface area contributed by atoms with Gasteiger partial charge in [0.15, 0.2) is 11.5 Å². The molecule has 1 heterocycles. The summed E-state index contributed by atoms with van der Waals surface area (Å²) in [6, 6.07) is 17.6. The first-order valence-electron chi connectivity index (χ1n) is 8.75. The Kier molecular flexibility index (Phi) is 5.29. The lowest BCUT2D eigenvalue weighted by atomic mass is 10.2. The summed E-state index contributed by atoms with van der Waals surface area (Å²) in [5, 5.41) is 0.702. The molecule has 0 radical (unpaired) electrons. The minimum atomic E-state index is 0.412. The van der Waals surface area contributed by atoms with Gasteiger partial charge in [0.25, 0.3) is 0 Å². The number of nitrogens with one attached hydrogen (secondary N) is 1. The lowest BCUT2D eigenvalue weighted by molar-refractivity contribution is 0.282. The molecule has 0 fully saturated rings. The van der Waals surface area contributed by atoms with Crippen molar-refractivity contribution in [3.63, 3.8) is 0 Å². The van der Waals surface area contributed by atoms with Gasteiger partial charge in [-0.2, -0.15) is 0 Å². The van der Waals surface area contributed by atoms with E-state index in [0.717, 1.165) is 32.5 Å². The number of ether oxygens (including phenoxy) is 2. The van der Waals surface area contributed by atoms with Gasteiger partial charge in [-0.1, -0.05) is 29.8 Å². The maximum atomic E-state index is 6.00. The van der Waals surface area contributed by atoms with E-state index in [1.165, 1.54) is 5.56 Å². The third-order valence-corrected chi connectivity index (χ3v) is 5.28. The summed E-state index contributed by atoms with van der Waals surface area (Å²) in [5.41, 5.74) is 5.06. The van der Waals surface area contributed by atoms with Crippen LogP contribution >= 0.6 is 27.5 Å². The van der Waals surface area contributed by atoms with E-state index in [1.807, 2.05) is 42.5 Å². The SMILES string of the molecule is COc1cc(-c2nc3ccc(C)cc3[nH]2)cc(Br)c1OCc1ccc(Cl)cc1. The second-order valence-corrected chi connectivity index (χ2v) is 7.80. The molecule has 0 spiro atoms. The number of halogens is 2. The number of hydrogen-bond acceptors (Lipinski definition) is 3. The third kappa shape index (κ3) is 3.86. The third-order valence-electron chi connectivity index (χ3n) is 4.44. The fraction of sp³-hybridized carbons (Fsp3) is 0.136. The van der Waals surface area contributed by atoms with Crippen LogP contribution in [-0.4, -0.2) is 17.1 Å². The van der Waals surface area contributed by atoms with Gasteiger partial charge in [-0.3, -0.25) is 0 Å². The molecule has 0 unspecified atom stereocenters. The van der Waals surface area contributed by atoms with Gasteiger partial charge in [0.05, 0.1) is 22.6 Å². The highest BCUT2D eigenvalue weighted by Crippen LogP contribution is 2.40. The van der Waals surface area contributed by atoms with Crippen LogP contribution in [0.4, 0.5) is 0 Å². The molecule has 0 aliphatic rings. The van der Waals surface area contributed by atoms with Crippen molar-refractivity contribution in [2.75, 3.05) is 7.11 Å². The van der Waals surface area contributed by atoms with E-state index in [-0.39, 0.29) is 0 Å². The molecular formula is C22H18BrClN2O2. The van der Waals surface area contributed by atoms with Crippen molar-refractivity contribution < 1.29 is 9.47 Å². The Morgan fingerprint density at radius 2 is 1.86 bits per heavy atom. The predicted octanol–water partition coefficient (Wildman–Crippen LogP) is 6.54. The molecule has 0 saturated carbocycles. The summed E-state index contributed by atoms with van der Waals surface area (Å²) < 4.78 is 12.4. The van der Waals surface area contributed by atoms with E-state index in [9.17, 15) is 0 Å². The number of hydrogen-bond donors (Lipinski definition) is 1. The number of H-pyrrole nitrogens is 1. The van der Waals surface area contributed by atoms with Gasteiger partial charge in [0.2, 0.25) is 0 Å². The predicted molar refractivity (Wildman–Crippen MR) is 116 cm³/mol. The summed E-state index contributed by atoms with van der Waals surface area (Å²) in [6.07, 6.45) is 0. The number of benzene rings is 3. The summed E-state index contributed by atoms with van der Waals surface area (Å²) >= 11 is 9.55. The van der Waals surface area contributed by atoms with Crippen LogP contribution in [0.5, 0.6) is 11.5 Å². The van der Waals surface area contributed by atoms with Gasteiger partial charge < -0.3 is 14.5 Å². The van der Waals surface area contributed by atoms with Crippen LogP contribution in [-0.2, 0) is 6.61 Å². The number of nitrogens with zero attached hydrogens (tertiary/aromatic N) is 1. The molecule has 0 atom stereocenters. The van der Waals surface area contributed by atoms with Crippen LogP contribution < -0.4 is 9.47 Å². The lowest BCUT2D eigenvalue weighted by Gasteiger charge is -2.14. The molecule has 0 amide bonds. The van der Waals surface area contributed by atoms with Gasteiger partial charge in [-0.05, 0) is 70.4 Å². The number of aromatic amines is 1. The van der Waals surface area contributed by atoms with Crippen molar-refractivity contribution >= 4 is 38.6 Å². The van der Waals surface area contributed by atoms with Crippen molar-refractivity contribution in [3.05, 3.63) is 75.2 Å². The van der Waals surface area contributed by atoms with E-state index in [0.29, 0.717) is 23.1 Å². The zero-order valence-electron chi connectivity index (χ0n) is 15.4. The average molecular weight is 458 g/mol. The Bertz CT molecular complexity index is 1140. The van der Waals surface area contributed by atoms with Crippen molar-refractivity contribution in [2.45, 2.75) is 13.5 Å². The molecule has 0 aliphatic heterocycles. The number of imidazole rings is 1. The zero-order chi connectivity index (χ0) is 19.7. The minimum absolute atomic E-state index is 0.412. The van der Waals surface area contributed by atoms with Crippen LogP contribution in [0.3, 0.4) is 0 Å². The van der Waals surface area contributed by atoms with E-state index in [2.05, 4.69) is 45.0 Å². The minimum Gasteiger partial charge on any atom is -0.493 e. The van der Waals surface area contributed by atoms with Gasteiger partial charge in [0, 0.05) is 10.6 Å². The molecule has 0 saturated heterocycles.